The Kier molecular flexibility index (Phi) is 11.0. The van der Waals surface area contributed by atoms with Crippen LogP contribution in [0.25, 0.3) is 6.08 Å². The van der Waals surface area contributed by atoms with Gasteiger partial charge in [0.2, 0.25) is 5.91 Å². The van der Waals surface area contributed by atoms with Crippen molar-refractivity contribution in [3.05, 3.63) is 91.3 Å². The van der Waals surface area contributed by atoms with Crippen LogP contribution in [0.3, 0.4) is 0 Å². The Hall–Kier alpha value is -3.70. The van der Waals surface area contributed by atoms with Crippen LogP contribution in [-0.2, 0) is 20.9 Å². The maximum absolute atomic E-state index is 13.1. The zero-order valence-electron chi connectivity index (χ0n) is 22.9. The molecular formula is C30H25Cl3N2O7S. The van der Waals surface area contributed by atoms with E-state index in [-0.39, 0.29) is 39.4 Å². The minimum atomic E-state index is -0.649. The van der Waals surface area contributed by atoms with Gasteiger partial charge in [-0.15, -0.1) is 0 Å². The summed E-state index contributed by atoms with van der Waals surface area (Å²) < 4.78 is 16.6. The molecule has 9 nitrogen and oxygen atoms in total. The highest BCUT2D eigenvalue weighted by Gasteiger charge is 2.36. The number of imide groups is 1. The van der Waals surface area contributed by atoms with Crippen molar-refractivity contribution >= 4 is 81.4 Å². The molecule has 3 aromatic carbocycles. The maximum atomic E-state index is 13.1. The molecular weight excluding hydrogens is 639 g/mol. The van der Waals surface area contributed by atoms with Gasteiger partial charge in [-0.25, -0.2) is 4.79 Å². The van der Waals surface area contributed by atoms with Crippen molar-refractivity contribution in [3.63, 3.8) is 0 Å². The van der Waals surface area contributed by atoms with Crippen LogP contribution in [-0.4, -0.2) is 47.7 Å². The molecule has 0 atom stereocenters. The number of amides is 3. The summed E-state index contributed by atoms with van der Waals surface area (Å²) in [5.41, 5.74) is 1.69. The van der Waals surface area contributed by atoms with Gasteiger partial charge in [0.25, 0.3) is 11.1 Å². The number of nitrogens with one attached hydrogen (secondary N) is 1. The van der Waals surface area contributed by atoms with Crippen molar-refractivity contribution in [1.29, 1.82) is 0 Å². The van der Waals surface area contributed by atoms with Gasteiger partial charge in [0.1, 0.15) is 13.2 Å². The van der Waals surface area contributed by atoms with E-state index in [0.717, 1.165) is 10.5 Å². The van der Waals surface area contributed by atoms with Crippen LogP contribution in [0.15, 0.2) is 59.5 Å². The topological polar surface area (TPSA) is 111 Å². The molecule has 0 saturated carbocycles. The van der Waals surface area contributed by atoms with E-state index < -0.39 is 29.6 Å². The Morgan fingerprint density at radius 3 is 2.37 bits per heavy atom. The second kappa shape index (κ2) is 14.7. The number of anilines is 1. The normalized spacial score (nSPS) is 13.8. The first-order valence-electron chi connectivity index (χ1n) is 12.9. The van der Waals surface area contributed by atoms with Crippen molar-refractivity contribution in [2.75, 3.05) is 25.1 Å². The number of ether oxygens (including phenoxy) is 3. The van der Waals surface area contributed by atoms with E-state index in [0.29, 0.717) is 40.5 Å². The Morgan fingerprint density at radius 2 is 1.67 bits per heavy atom. The molecule has 0 unspecified atom stereocenters. The SMILES string of the molecule is CCOC(=O)c1cc(NC(=O)CN2C(=O)S/C(=C/c3cc(Cl)c(OCc4ccc(Cl)cc4)c(OCC)c3)C2=O)ccc1Cl. The minimum absolute atomic E-state index is 0.0712. The quantitative estimate of drug-likeness (QED) is 0.166. The molecule has 0 bridgehead atoms. The average molecular weight is 664 g/mol. The first-order chi connectivity index (χ1) is 20.6. The summed E-state index contributed by atoms with van der Waals surface area (Å²) in [5, 5.41) is 2.96. The first-order valence-corrected chi connectivity index (χ1v) is 14.9. The van der Waals surface area contributed by atoms with Crippen LogP contribution < -0.4 is 14.8 Å². The molecule has 0 radical (unpaired) electrons. The Balaban J connectivity index is 1.46. The lowest BCUT2D eigenvalue weighted by Crippen LogP contribution is -2.36. The second-order valence-electron chi connectivity index (χ2n) is 8.91. The maximum Gasteiger partial charge on any atom is 0.339 e. The van der Waals surface area contributed by atoms with E-state index in [2.05, 4.69) is 5.32 Å². The molecule has 0 aliphatic carbocycles. The van der Waals surface area contributed by atoms with Gasteiger partial charge >= 0.3 is 5.97 Å². The number of hydrogen-bond donors (Lipinski definition) is 1. The summed E-state index contributed by atoms with van der Waals surface area (Å²) in [4.78, 5) is 51.5. The van der Waals surface area contributed by atoms with Gasteiger partial charge in [-0.2, -0.15) is 0 Å². The summed E-state index contributed by atoms with van der Waals surface area (Å²) in [6, 6.07) is 14.7. The number of carbonyl (C=O) groups excluding carboxylic acids is 4. The molecule has 224 valence electrons. The van der Waals surface area contributed by atoms with Crippen molar-refractivity contribution < 1.29 is 33.4 Å². The third-order valence-corrected chi connectivity index (χ3v) is 7.62. The number of thioether (sulfide) groups is 1. The van der Waals surface area contributed by atoms with Crippen LogP contribution in [0.1, 0.15) is 35.3 Å². The van der Waals surface area contributed by atoms with E-state index in [1.54, 1.807) is 31.2 Å². The molecule has 3 aromatic rings. The van der Waals surface area contributed by atoms with Gasteiger partial charge < -0.3 is 19.5 Å². The molecule has 13 heteroatoms. The number of halogens is 3. The zero-order chi connectivity index (χ0) is 31.1. The molecule has 1 fully saturated rings. The molecule has 43 heavy (non-hydrogen) atoms. The number of rotatable bonds is 11. The van der Waals surface area contributed by atoms with Crippen LogP contribution in [0, 0.1) is 0 Å². The van der Waals surface area contributed by atoms with Gasteiger partial charge in [0, 0.05) is 10.7 Å². The number of nitrogens with zero attached hydrogens (tertiary/aromatic N) is 1. The largest absolute Gasteiger partial charge is 0.490 e. The molecule has 1 N–H and O–H groups in total. The molecule has 1 aliphatic rings. The lowest BCUT2D eigenvalue weighted by Gasteiger charge is -2.15. The first kappa shape index (κ1) is 32.2. The Bertz CT molecular complexity index is 1600. The van der Waals surface area contributed by atoms with E-state index >= 15 is 0 Å². The van der Waals surface area contributed by atoms with Crippen molar-refractivity contribution in [3.8, 4) is 11.5 Å². The van der Waals surface area contributed by atoms with Gasteiger partial charge in [-0.1, -0.05) is 46.9 Å². The number of esters is 1. The van der Waals surface area contributed by atoms with Crippen molar-refractivity contribution in [2.45, 2.75) is 20.5 Å². The van der Waals surface area contributed by atoms with Gasteiger partial charge in [0.05, 0.1) is 33.7 Å². The fourth-order valence-corrected chi connectivity index (χ4v) is 5.34. The van der Waals surface area contributed by atoms with Crippen molar-refractivity contribution in [2.24, 2.45) is 0 Å². The van der Waals surface area contributed by atoms with Gasteiger partial charge in [0.15, 0.2) is 11.5 Å². The monoisotopic (exact) mass is 662 g/mol. The predicted molar refractivity (Wildman–Crippen MR) is 167 cm³/mol. The lowest BCUT2D eigenvalue weighted by atomic mass is 10.1. The highest BCUT2D eigenvalue weighted by molar-refractivity contribution is 8.18. The zero-order valence-corrected chi connectivity index (χ0v) is 26.0. The molecule has 4 rings (SSSR count). The summed E-state index contributed by atoms with van der Waals surface area (Å²) in [7, 11) is 0. The smallest absolute Gasteiger partial charge is 0.339 e. The Morgan fingerprint density at radius 1 is 0.930 bits per heavy atom. The van der Waals surface area contributed by atoms with Crippen LogP contribution in [0.4, 0.5) is 10.5 Å². The standard InChI is InChI=1S/C30H25Cl3N2O7S/c1-3-40-24-12-18(11-23(33)27(24)42-16-17-5-7-19(31)8-6-17)13-25-28(37)35(30(39)43-25)15-26(36)34-20-9-10-22(32)21(14-20)29(38)41-4-2/h5-14H,3-4,15-16H2,1-2H3,(H,34,36)/b25-13+. The third kappa shape index (κ3) is 8.23. The van der Waals surface area contributed by atoms with E-state index in [4.69, 9.17) is 49.0 Å². The van der Waals surface area contributed by atoms with E-state index in [1.165, 1.54) is 24.3 Å². The molecule has 1 heterocycles. The predicted octanol–water partition coefficient (Wildman–Crippen LogP) is 7.48. The molecule has 1 saturated heterocycles. The average Bonchev–Trinajstić information content (AvgIpc) is 3.22. The van der Waals surface area contributed by atoms with E-state index in [1.807, 2.05) is 19.1 Å². The number of benzene rings is 3. The second-order valence-corrected chi connectivity index (χ2v) is 11.2. The van der Waals surface area contributed by atoms with Gasteiger partial charge in [-0.05, 0) is 85.3 Å². The van der Waals surface area contributed by atoms with Crippen LogP contribution in [0.5, 0.6) is 11.5 Å². The number of carbonyl (C=O) groups is 4. The lowest BCUT2D eigenvalue weighted by molar-refractivity contribution is -0.127. The van der Waals surface area contributed by atoms with E-state index in [9.17, 15) is 19.2 Å². The summed E-state index contributed by atoms with van der Waals surface area (Å²) >= 11 is 19.2. The van der Waals surface area contributed by atoms with Crippen LogP contribution in [0.2, 0.25) is 15.1 Å². The van der Waals surface area contributed by atoms with Crippen LogP contribution >= 0.6 is 46.6 Å². The minimum Gasteiger partial charge on any atom is -0.490 e. The summed E-state index contributed by atoms with van der Waals surface area (Å²) in [6.45, 7) is 3.63. The summed E-state index contributed by atoms with van der Waals surface area (Å²) in [6.07, 6.45) is 1.49. The molecule has 0 spiro atoms. The molecule has 0 aromatic heterocycles. The van der Waals surface area contributed by atoms with Gasteiger partial charge in [-0.3, -0.25) is 19.3 Å². The highest BCUT2D eigenvalue weighted by Crippen LogP contribution is 2.39. The molecule has 1 aliphatic heterocycles. The fourth-order valence-electron chi connectivity index (χ4n) is 3.91. The highest BCUT2D eigenvalue weighted by atomic mass is 35.5. The third-order valence-electron chi connectivity index (χ3n) is 5.85. The Labute approximate surface area is 267 Å². The fraction of sp³-hybridized carbons (Fsp3) is 0.200. The summed E-state index contributed by atoms with van der Waals surface area (Å²) in [5.74, 6) is -1.25. The van der Waals surface area contributed by atoms with Crippen molar-refractivity contribution in [1.82, 2.24) is 4.90 Å². The molecule has 3 amide bonds. The number of hydrogen-bond acceptors (Lipinski definition) is 8.